The lowest BCUT2D eigenvalue weighted by Gasteiger charge is -2.32. The van der Waals surface area contributed by atoms with Crippen molar-refractivity contribution < 1.29 is 9.59 Å². The van der Waals surface area contributed by atoms with Gasteiger partial charge in [-0.2, -0.15) is 0 Å². The Balaban J connectivity index is 1.80. The quantitative estimate of drug-likeness (QED) is 0.857. The molecule has 5 heteroatoms. The zero-order valence-corrected chi connectivity index (χ0v) is 11.3. The molecule has 0 radical (unpaired) electrons. The molecule has 1 unspecified atom stereocenters. The van der Waals surface area contributed by atoms with Gasteiger partial charge in [-0.15, -0.1) is 0 Å². The van der Waals surface area contributed by atoms with Gasteiger partial charge in [0.1, 0.15) is 6.04 Å². The van der Waals surface area contributed by atoms with E-state index < -0.39 is 0 Å². The Morgan fingerprint density at radius 1 is 1.40 bits per heavy atom. The molecule has 1 saturated heterocycles. The van der Waals surface area contributed by atoms with Gasteiger partial charge in [0.15, 0.2) is 0 Å². The van der Waals surface area contributed by atoms with Crippen molar-refractivity contribution in [1.82, 2.24) is 15.2 Å². The second-order valence-electron chi connectivity index (χ2n) is 5.09. The van der Waals surface area contributed by atoms with E-state index in [9.17, 15) is 9.59 Å². The first-order chi connectivity index (χ1) is 9.66. The summed E-state index contributed by atoms with van der Waals surface area (Å²) in [5, 5.41) is 3.83. The number of aromatic nitrogens is 1. The van der Waals surface area contributed by atoms with Gasteiger partial charge in [0.25, 0.3) is 0 Å². The smallest absolute Gasteiger partial charge is 0.242 e. The monoisotopic (exact) mass is 271 g/mol. The summed E-state index contributed by atoms with van der Waals surface area (Å²) >= 11 is 0. The number of H-pyrrole nitrogens is 1. The van der Waals surface area contributed by atoms with E-state index in [0.717, 1.165) is 16.5 Å². The average molecular weight is 271 g/mol. The lowest BCUT2D eigenvalue weighted by atomic mass is 10.1. The number of fused-ring (bicyclic) bond motifs is 1. The molecule has 2 aromatic rings. The van der Waals surface area contributed by atoms with Crippen LogP contribution in [0, 0.1) is 0 Å². The van der Waals surface area contributed by atoms with Crippen LogP contribution in [0.25, 0.3) is 10.9 Å². The number of amides is 2. The van der Waals surface area contributed by atoms with Crippen molar-refractivity contribution in [3.63, 3.8) is 0 Å². The van der Waals surface area contributed by atoms with Crippen molar-refractivity contribution in [2.45, 2.75) is 19.4 Å². The van der Waals surface area contributed by atoms with Gasteiger partial charge in [-0.3, -0.25) is 9.59 Å². The van der Waals surface area contributed by atoms with Gasteiger partial charge in [0, 0.05) is 30.2 Å². The zero-order chi connectivity index (χ0) is 14.1. The standard InChI is InChI=1S/C15H17N3O2/c1-10-15(20)16-6-7-18(10)14(19)8-11-9-17-13-5-3-2-4-12(11)13/h2-5,9-10,17H,6-8H2,1H3,(H,16,20). The molecule has 0 aliphatic carbocycles. The van der Waals surface area contributed by atoms with E-state index in [1.807, 2.05) is 30.5 Å². The van der Waals surface area contributed by atoms with Gasteiger partial charge >= 0.3 is 0 Å². The Kier molecular flexibility index (Phi) is 3.18. The lowest BCUT2D eigenvalue weighted by Crippen LogP contribution is -2.56. The minimum absolute atomic E-state index is 0.00268. The Morgan fingerprint density at radius 3 is 3.05 bits per heavy atom. The molecule has 1 fully saturated rings. The Bertz CT molecular complexity index is 662. The van der Waals surface area contributed by atoms with Crippen molar-refractivity contribution in [2.24, 2.45) is 0 Å². The van der Waals surface area contributed by atoms with Crippen molar-refractivity contribution >= 4 is 22.7 Å². The Morgan fingerprint density at radius 2 is 2.20 bits per heavy atom. The van der Waals surface area contributed by atoms with Crippen LogP contribution in [0.3, 0.4) is 0 Å². The summed E-state index contributed by atoms with van der Waals surface area (Å²) < 4.78 is 0. The van der Waals surface area contributed by atoms with Gasteiger partial charge in [0.05, 0.1) is 6.42 Å². The second kappa shape index (κ2) is 5.00. The van der Waals surface area contributed by atoms with E-state index in [1.165, 1.54) is 0 Å². The van der Waals surface area contributed by atoms with Crippen molar-refractivity contribution in [3.05, 3.63) is 36.0 Å². The number of aromatic amines is 1. The molecule has 20 heavy (non-hydrogen) atoms. The van der Waals surface area contributed by atoms with Crippen LogP contribution < -0.4 is 5.32 Å². The SMILES string of the molecule is CC1C(=O)NCCN1C(=O)Cc1c[nH]c2ccccc12. The highest BCUT2D eigenvalue weighted by Gasteiger charge is 2.29. The van der Waals surface area contributed by atoms with E-state index >= 15 is 0 Å². The minimum atomic E-state index is -0.388. The lowest BCUT2D eigenvalue weighted by molar-refractivity contribution is -0.142. The number of hydrogen-bond donors (Lipinski definition) is 2. The number of piperazine rings is 1. The highest BCUT2D eigenvalue weighted by molar-refractivity contribution is 5.92. The van der Waals surface area contributed by atoms with Crippen molar-refractivity contribution in [1.29, 1.82) is 0 Å². The second-order valence-corrected chi connectivity index (χ2v) is 5.09. The molecule has 1 atom stereocenters. The van der Waals surface area contributed by atoms with E-state index in [-0.39, 0.29) is 17.9 Å². The predicted molar refractivity (Wildman–Crippen MR) is 76.2 cm³/mol. The van der Waals surface area contributed by atoms with E-state index in [4.69, 9.17) is 0 Å². The molecule has 2 heterocycles. The molecular weight excluding hydrogens is 254 g/mol. The summed E-state index contributed by atoms with van der Waals surface area (Å²) in [6.45, 7) is 2.87. The van der Waals surface area contributed by atoms with Gasteiger partial charge < -0.3 is 15.2 Å². The Hall–Kier alpha value is -2.30. The maximum absolute atomic E-state index is 12.4. The zero-order valence-electron chi connectivity index (χ0n) is 11.3. The fraction of sp³-hybridized carbons (Fsp3) is 0.333. The summed E-state index contributed by atoms with van der Waals surface area (Å²) in [6.07, 6.45) is 2.19. The van der Waals surface area contributed by atoms with Crippen LogP contribution in [0.4, 0.5) is 0 Å². The molecular formula is C15H17N3O2. The number of benzene rings is 1. The minimum Gasteiger partial charge on any atom is -0.361 e. The first kappa shape index (κ1) is 12.7. The fourth-order valence-electron chi connectivity index (χ4n) is 2.67. The summed E-state index contributed by atoms with van der Waals surface area (Å²) in [5.74, 6) is -0.0828. The average Bonchev–Trinajstić information content (AvgIpc) is 2.85. The van der Waals surface area contributed by atoms with Crippen LogP contribution >= 0.6 is 0 Å². The van der Waals surface area contributed by atoms with Crippen LogP contribution in [0.5, 0.6) is 0 Å². The van der Waals surface area contributed by atoms with E-state index in [0.29, 0.717) is 19.5 Å². The topological polar surface area (TPSA) is 65.2 Å². The molecule has 104 valence electrons. The van der Waals surface area contributed by atoms with Gasteiger partial charge in [-0.1, -0.05) is 18.2 Å². The molecule has 1 aliphatic heterocycles. The number of rotatable bonds is 2. The molecule has 1 aromatic carbocycles. The molecule has 0 saturated carbocycles. The maximum atomic E-state index is 12.4. The van der Waals surface area contributed by atoms with E-state index in [1.54, 1.807) is 11.8 Å². The van der Waals surface area contributed by atoms with Crippen LogP contribution in [0.15, 0.2) is 30.5 Å². The summed E-state index contributed by atoms with van der Waals surface area (Å²) in [6, 6.07) is 7.52. The molecule has 0 spiro atoms. The summed E-state index contributed by atoms with van der Waals surface area (Å²) in [7, 11) is 0. The summed E-state index contributed by atoms with van der Waals surface area (Å²) in [4.78, 5) is 28.8. The molecule has 1 aromatic heterocycles. The highest BCUT2D eigenvalue weighted by Crippen LogP contribution is 2.19. The normalized spacial score (nSPS) is 19.1. The van der Waals surface area contributed by atoms with Crippen molar-refractivity contribution in [2.75, 3.05) is 13.1 Å². The number of nitrogens with one attached hydrogen (secondary N) is 2. The van der Waals surface area contributed by atoms with Gasteiger partial charge in [-0.05, 0) is 18.6 Å². The van der Waals surface area contributed by atoms with E-state index in [2.05, 4.69) is 10.3 Å². The van der Waals surface area contributed by atoms with Gasteiger partial charge in [-0.25, -0.2) is 0 Å². The molecule has 1 aliphatic rings. The number of hydrogen-bond acceptors (Lipinski definition) is 2. The molecule has 2 N–H and O–H groups in total. The van der Waals surface area contributed by atoms with Crippen LogP contribution in [0.2, 0.25) is 0 Å². The van der Waals surface area contributed by atoms with Gasteiger partial charge in [0.2, 0.25) is 11.8 Å². The van der Waals surface area contributed by atoms with Crippen LogP contribution in [-0.4, -0.2) is 40.8 Å². The van der Waals surface area contributed by atoms with Crippen LogP contribution in [-0.2, 0) is 16.0 Å². The number of carbonyl (C=O) groups is 2. The van der Waals surface area contributed by atoms with Crippen LogP contribution in [0.1, 0.15) is 12.5 Å². The number of carbonyl (C=O) groups excluding carboxylic acids is 2. The third kappa shape index (κ3) is 2.15. The Labute approximate surface area is 117 Å². The molecule has 5 nitrogen and oxygen atoms in total. The summed E-state index contributed by atoms with van der Waals surface area (Å²) in [5.41, 5.74) is 2.00. The molecule has 3 rings (SSSR count). The predicted octanol–water partition coefficient (Wildman–Crippen LogP) is 1.06. The maximum Gasteiger partial charge on any atom is 0.242 e. The molecule has 0 bridgehead atoms. The largest absolute Gasteiger partial charge is 0.361 e. The third-order valence-electron chi connectivity index (χ3n) is 3.84. The highest BCUT2D eigenvalue weighted by atomic mass is 16.2. The first-order valence-corrected chi connectivity index (χ1v) is 6.79. The fourth-order valence-corrected chi connectivity index (χ4v) is 2.67. The third-order valence-corrected chi connectivity index (χ3v) is 3.84. The first-order valence-electron chi connectivity index (χ1n) is 6.79. The van der Waals surface area contributed by atoms with Crippen molar-refractivity contribution in [3.8, 4) is 0 Å². The number of para-hydroxylation sites is 1. The number of nitrogens with zero attached hydrogens (tertiary/aromatic N) is 1. The molecule has 2 amide bonds.